The van der Waals surface area contributed by atoms with E-state index >= 15 is 0 Å². The van der Waals surface area contributed by atoms with Crippen LogP contribution in [0.15, 0.2) is 24.3 Å². The van der Waals surface area contributed by atoms with Crippen molar-refractivity contribution in [3.8, 4) is 0 Å². The van der Waals surface area contributed by atoms with Gasteiger partial charge in [-0.3, -0.25) is 4.79 Å². The number of hydrogen-bond acceptors (Lipinski definition) is 2. The van der Waals surface area contributed by atoms with Crippen LogP contribution in [0.3, 0.4) is 0 Å². The molecule has 2 rings (SSSR count). The van der Waals surface area contributed by atoms with Crippen molar-refractivity contribution in [3.63, 3.8) is 0 Å². The number of benzene rings is 1. The Morgan fingerprint density at radius 2 is 1.89 bits per heavy atom. The van der Waals surface area contributed by atoms with Gasteiger partial charge in [-0.05, 0) is 24.3 Å². The highest BCUT2D eigenvalue weighted by Crippen LogP contribution is 2.53. The lowest BCUT2D eigenvalue weighted by atomic mass is 9.54. The van der Waals surface area contributed by atoms with E-state index in [9.17, 15) is 9.90 Å². The maximum atomic E-state index is 11.3. The Hall–Kier alpha value is -1.35. The van der Waals surface area contributed by atoms with Crippen molar-refractivity contribution in [1.29, 1.82) is 0 Å². The van der Waals surface area contributed by atoms with E-state index in [0.717, 1.165) is 11.1 Å². The second-order valence-corrected chi connectivity index (χ2v) is 6.09. The molecule has 1 amide bonds. The minimum Gasteiger partial charge on any atom is -0.383 e. The third-order valence-corrected chi connectivity index (χ3v) is 3.88. The highest BCUT2D eigenvalue weighted by molar-refractivity contribution is 5.73. The van der Waals surface area contributed by atoms with Gasteiger partial charge in [0.2, 0.25) is 5.91 Å². The van der Waals surface area contributed by atoms with Crippen LogP contribution in [0.2, 0.25) is 0 Å². The van der Waals surface area contributed by atoms with Crippen LogP contribution < -0.4 is 5.32 Å². The molecule has 1 aliphatic rings. The first-order valence-corrected chi connectivity index (χ1v) is 6.32. The van der Waals surface area contributed by atoms with E-state index in [0.29, 0.717) is 6.42 Å². The number of amides is 1. The van der Waals surface area contributed by atoms with E-state index in [1.807, 2.05) is 31.2 Å². The molecular weight excluding hydrogens is 226 g/mol. The van der Waals surface area contributed by atoms with Gasteiger partial charge in [-0.25, -0.2) is 0 Å². The zero-order valence-electron chi connectivity index (χ0n) is 11.4. The van der Waals surface area contributed by atoms with Gasteiger partial charge in [0.05, 0.1) is 6.04 Å². The summed E-state index contributed by atoms with van der Waals surface area (Å²) in [5.41, 5.74) is 1.02. The zero-order valence-corrected chi connectivity index (χ0v) is 11.4. The molecular formula is C15H21NO2. The first-order valence-electron chi connectivity index (χ1n) is 6.32. The largest absolute Gasteiger partial charge is 0.383 e. The zero-order chi connectivity index (χ0) is 13.6. The Morgan fingerprint density at radius 1 is 1.33 bits per heavy atom. The first kappa shape index (κ1) is 13.1. The predicted octanol–water partition coefficient (Wildman–Crippen LogP) is 2.12. The Balaban J connectivity index is 2.30. The van der Waals surface area contributed by atoms with Crippen LogP contribution >= 0.6 is 0 Å². The Kier molecular flexibility index (Phi) is 2.98. The lowest BCUT2D eigenvalue weighted by Crippen LogP contribution is -2.68. The fraction of sp³-hybridized carbons (Fsp3) is 0.533. The molecule has 0 radical (unpaired) electrons. The number of nitrogens with one attached hydrogen (secondary N) is 1. The van der Waals surface area contributed by atoms with Crippen molar-refractivity contribution in [1.82, 2.24) is 5.32 Å². The number of hydrogen-bond donors (Lipinski definition) is 2. The second-order valence-electron chi connectivity index (χ2n) is 6.09. The van der Waals surface area contributed by atoms with Gasteiger partial charge in [0.1, 0.15) is 5.60 Å². The quantitative estimate of drug-likeness (QED) is 0.841. The molecule has 2 N–H and O–H groups in total. The van der Waals surface area contributed by atoms with Crippen molar-refractivity contribution in [2.24, 2.45) is 5.41 Å². The molecule has 0 aliphatic heterocycles. The maximum Gasteiger partial charge on any atom is 0.217 e. The molecule has 1 saturated carbocycles. The summed E-state index contributed by atoms with van der Waals surface area (Å²) >= 11 is 0. The van der Waals surface area contributed by atoms with Crippen LogP contribution in [0.4, 0.5) is 0 Å². The molecule has 3 nitrogen and oxygen atoms in total. The summed E-state index contributed by atoms with van der Waals surface area (Å²) in [6.45, 7) is 7.64. The van der Waals surface area contributed by atoms with Gasteiger partial charge < -0.3 is 10.4 Å². The molecule has 1 aromatic rings. The molecule has 0 saturated heterocycles. The van der Waals surface area contributed by atoms with Crippen LogP contribution in [-0.4, -0.2) is 17.1 Å². The van der Waals surface area contributed by atoms with E-state index in [-0.39, 0.29) is 17.4 Å². The molecule has 0 aromatic heterocycles. The standard InChI is InChI=1S/C15H21NO2/c1-10-5-7-12(8-6-10)15(18)9-14(3,4)13(15)16-11(2)17/h5-8,13,18H,9H2,1-4H3,(H,16,17)/t13-,15-/m0/s1. The van der Waals surface area contributed by atoms with Crippen LogP contribution in [0, 0.1) is 12.3 Å². The van der Waals surface area contributed by atoms with Gasteiger partial charge in [-0.15, -0.1) is 0 Å². The van der Waals surface area contributed by atoms with Gasteiger partial charge in [0, 0.05) is 6.92 Å². The van der Waals surface area contributed by atoms with Gasteiger partial charge in [0.15, 0.2) is 0 Å². The molecule has 98 valence electrons. The number of carbonyl (C=O) groups excluding carboxylic acids is 1. The summed E-state index contributed by atoms with van der Waals surface area (Å²) in [6, 6.07) is 7.64. The minimum atomic E-state index is -0.942. The van der Waals surface area contributed by atoms with Crippen LogP contribution in [0.1, 0.15) is 38.3 Å². The average Bonchev–Trinajstić information content (AvgIpc) is 2.26. The van der Waals surface area contributed by atoms with Crippen molar-refractivity contribution in [3.05, 3.63) is 35.4 Å². The summed E-state index contributed by atoms with van der Waals surface area (Å²) in [6.07, 6.45) is 0.661. The number of carbonyl (C=O) groups is 1. The minimum absolute atomic E-state index is 0.0781. The fourth-order valence-electron chi connectivity index (χ4n) is 3.04. The van der Waals surface area contributed by atoms with E-state index < -0.39 is 5.60 Å². The lowest BCUT2D eigenvalue weighted by molar-refractivity contribution is -0.164. The molecule has 0 heterocycles. The van der Waals surface area contributed by atoms with Crippen molar-refractivity contribution in [2.45, 2.75) is 45.8 Å². The third-order valence-electron chi connectivity index (χ3n) is 3.88. The lowest BCUT2D eigenvalue weighted by Gasteiger charge is -2.57. The Morgan fingerprint density at radius 3 is 2.33 bits per heavy atom. The SMILES string of the molecule is CC(=O)N[C@H]1C(C)(C)C[C@]1(O)c1ccc(C)cc1. The van der Waals surface area contributed by atoms with Gasteiger partial charge in [-0.2, -0.15) is 0 Å². The maximum absolute atomic E-state index is 11.3. The van der Waals surface area contributed by atoms with Crippen molar-refractivity contribution in [2.75, 3.05) is 0 Å². The average molecular weight is 247 g/mol. The summed E-state index contributed by atoms with van der Waals surface area (Å²) in [5.74, 6) is -0.0988. The smallest absolute Gasteiger partial charge is 0.217 e. The normalized spacial score (nSPS) is 29.5. The molecule has 1 aromatic carbocycles. The van der Waals surface area contributed by atoms with Crippen LogP contribution in [0.25, 0.3) is 0 Å². The topological polar surface area (TPSA) is 49.3 Å². The van der Waals surface area contributed by atoms with Crippen LogP contribution in [0.5, 0.6) is 0 Å². The fourth-order valence-corrected chi connectivity index (χ4v) is 3.04. The number of aryl methyl sites for hydroxylation is 1. The summed E-state index contributed by atoms with van der Waals surface area (Å²) in [5, 5.41) is 13.7. The van der Waals surface area contributed by atoms with E-state index in [4.69, 9.17) is 0 Å². The monoisotopic (exact) mass is 247 g/mol. The third kappa shape index (κ3) is 2.03. The van der Waals surface area contributed by atoms with Crippen molar-refractivity contribution >= 4 is 5.91 Å². The predicted molar refractivity (Wildman–Crippen MR) is 71.1 cm³/mol. The molecule has 1 aliphatic carbocycles. The highest BCUT2D eigenvalue weighted by atomic mass is 16.3. The molecule has 0 spiro atoms. The Labute approximate surface area is 108 Å². The molecule has 0 unspecified atom stereocenters. The Bertz CT molecular complexity index is 464. The van der Waals surface area contributed by atoms with Gasteiger partial charge in [0.25, 0.3) is 0 Å². The van der Waals surface area contributed by atoms with E-state index in [2.05, 4.69) is 19.2 Å². The summed E-state index contributed by atoms with van der Waals surface area (Å²) < 4.78 is 0. The summed E-state index contributed by atoms with van der Waals surface area (Å²) in [4.78, 5) is 11.3. The molecule has 18 heavy (non-hydrogen) atoms. The molecule has 1 fully saturated rings. The van der Waals surface area contributed by atoms with Crippen LogP contribution in [-0.2, 0) is 10.4 Å². The van der Waals surface area contributed by atoms with E-state index in [1.54, 1.807) is 0 Å². The summed E-state index contributed by atoms with van der Waals surface area (Å²) in [7, 11) is 0. The van der Waals surface area contributed by atoms with E-state index in [1.165, 1.54) is 6.92 Å². The molecule has 2 atom stereocenters. The molecule has 0 bridgehead atoms. The highest BCUT2D eigenvalue weighted by Gasteiger charge is 2.59. The van der Waals surface area contributed by atoms with Crippen molar-refractivity contribution < 1.29 is 9.90 Å². The van der Waals surface area contributed by atoms with Gasteiger partial charge >= 0.3 is 0 Å². The first-order chi connectivity index (χ1) is 8.25. The van der Waals surface area contributed by atoms with Gasteiger partial charge in [-0.1, -0.05) is 43.7 Å². The number of rotatable bonds is 2. The number of aliphatic hydroxyl groups is 1. The molecule has 3 heteroatoms. The second kappa shape index (κ2) is 4.09.